The Morgan fingerprint density at radius 1 is 1.28 bits per heavy atom. The largest absolute Gasteiger partial charge is 0.333 e. The SMILES string of the molecule is CN1CCn2c(C#N)ccc2C12CCNCC2.Cl. The van der Waals surface area contributed by atoms with Crippen molar-refractivity contribution in [1.29, 1.82) is 5.26 Å². The van der Waals surface area contributed by atoms with E-state index in [4.69, 9.17) is 5.26 Å². The molecule has 3 rings (SSSR count). The average molecular weight is 267 g/mol. The minimum atomic E-state index is 0. The van der Waals surface area contributed by atoms with Crippen molar-refractivity contribution in [2.24, 2.45) is 0 Å². The molecule has 3 heterocycles. The topological polar surface area (TPSA) is 44.0 Å². The molecule has 5 heteroatoms. The zero-order valence-corrected chi connectivity index (χ0v) is 11.5. The minimum absolute atomic E-state index is 0. The van der Waals surface area contributed by atoms with Gasteiger partial charge in [-0.25, -0.2) is 0 Å². The number of rotatable bonds is 0. The second kappa shape index (κ2) is 4.93. The second-order valence-electron chi connectivity index (χ2n) is 5.07. The molecule has 0 saturated carbocycles. The van der Waals surface area contributed by atoms with Crippen LogP contribution < -0.4 is 5.32 Å². The van der Waals surface area contributed by atoms with Gasteiger partial charge in [-0.2, -0.15) is 5.26 Å². The third kappa shape index (κ3) is 1.74. The van der Waals surface area contributed by atoms with Gasteiger partial charge in [0.15, 0.2) is 0 Å². The quantitative estimate of drug-likeness (QED) is 0.770. The lowest BCUT2D eigenvalue weighted by Gasteiger charge is -2.48. The van der Waals surface area contributed by atoms with Crippen molar-refractivity contribution in [2.45, 2.75) is 24.9 Å². The molecule has 2 aliphatic rings. The molecule has 0 atom stereocenters. The van der Waals surface area contributed by atoms with Crippen LogP contribution in [0, 0.1) is 11.3 Å². The third-order valence-corrected chi connectivity index (χ3v) is 4.39. The van der Waals surface area contributed by atoms with Gasteiger partial charge in [0.25, 0.3) is 0 Å². The van der Waals surface area contributed by atoms with Crippen LogP contribution in [0.15, 0.2) is 12.1 Å². The number of nitrogens with zero attached hydrogens (tertiary/aromatic N) is 3. The molecule has 18 heavy (non-hydrogen) atoms. The predicted octanol–water partition coefficient (Wildman–Crippen LogP) is 1.31. The Labute approximate surface area is 114 Å². The standard InChI is InChI=1S/C13H18N4.ClH/c1-16-8-9-17-11(10-14)2-3-12(17)13(16)4-6-15-7-5-13;/h2-3,15H,4-9H2,1H3;1H. The molecule has 1 aromatic heterocycles. The zero-order chi connectivity index (χ0) is 11.9. The van der Waals surface area contributed by atoms with Crippen molar-refractivity contribution in [3.8, 4) is 6.07 Å². The first kappa shape index (κ1) is 13.4. The number of halogens is 1. The molecule has 1 saturated heterocycles. The van der Waals surface area contributed by atoms with Gasteiger partial charge in [0.2, 0.25) is 0 Å². The van der Waals surface area contributed by atoms with E-state index in [9.17, 15) is 0 Å². The highest BCUT2D eigenvalue weighted by atomic mass is 35.5. The first-order valence-corrected chi connectivity index (χ1v) is 6.30. The highest BCUT2D eigenvalue weighted by Gasteiger charge is 2.42. The molecule has 0 amide bonds. The second-order valence-corrected chi connectivity index (χ2v) is 5.07. The number of hydrogen-bond acceptors (Lipinski definition) is 3. The van der Waals surface area contributed by atoms with Gasteiger partial charge < -0.3 is 9.88 Å². The van der Waals surface area contributed by atoms with E-state index in [0.717, 1.165) is 44.7 Å². The van der Waals surface area contributed by atoms with Crippen LogP contribution in [0.2, 0.25) is 0 Å². The molecule has 1 spiro atoms. The van der Waals surface area contributed by atoms with E-state index in [0.29, 0.717) is 0 Å². The Morgan fingerprint density at radius 3 is 2.67 bits per heavy atom. The van der Waals surface area contributed by atoms with Crippen LogP contribution in [-0.4, -0.2) is 36.1 Å². The van der Waals surface area contributed by atoms with Crippen molar-refractivity contribution in [3.63, 3.8) is 0 Å². The number of nitrogens with one attached hydrogen (secondary N) is 1. The minimum Gasteiger partial charge on any atom is -0.333 e. The van der Waals surface area contributed by atoms with E-state index in [1.807, 2.05) is 6.07 Å². The van der Waals surface area contributed by atoms with E-state index in [-0.39, 0.29) is 17.9 Å². The van der Waals surface area contributed by atoms with E-state index in [1.165, 1.54) is 5.69 Å². The van der Waals surface area contributed by atoms with Crippen molar-refractivity contribution < 1.29 is 0 Å². The van der Waals surface area contributed by atoms with E-state index < -0.39 is 0 Å². The lowest BCUT2D eigenvalue weighted by atomic mass is 9.82. The summed E-state index contributed by atoms with van der Waals surface area (Å²) in [5, 5.41) is 12.6. The van der Waals surface area contributed by atoms with Gasteiger partial charge in [-0.3, -0.25) is 4.90 Å². The van der Waals surface area contributed by atoms with E-state index in [1.54, 1.807) is 0 Å². The maximum Gasteiger partial charge on any atom is 0.120 e. The summed E-state index contributed by atoms with van der Waals surface area (Å²) in [6.45, 7) is 4.11. The summed E-state index contributed by atoms with van der Waals surface area (Å²) < 4.78 is 2.21. The van der Waals surface area contributed by atoms with Crippen molar-refractivity contribution in [2.75, 3.05) is 26.7 Å². The van der Waals surface area contributed by atoms with Gasteiger partial charge in [0.05, 0.1) is 5.54 Å². The summed E-state index contributed by atoms with van der Waals surface area (Å²) in [6.07, 6.45) is 2.27. The molecule has 1 aromatic rings. The molecule has 4 nitrogen and oxygen atoms in total. The Balaban J connectivity index is 0.00000120. The van der Waals surface area contributed by atoms with Crippen molar-refractivity contribution in [1.82, 2.24) is 14.8 Å². The number of nitriles is 1. The fraction of sp³-hybridized carbons (Fsp3) is 0.615. The number of piperidine rings is 1. The maximum atomic E-state index is 9.14. The van der Waals surface area contributed by atoms with Gasteiger partial charge in [0.1, 0.15) is 11.8 Å². The number of fused-ring (bicyclic) bond motifs is 2. The Bertz CT molecular complexity index is 468. The molecule has 0 aromatic carbocycles. The highest BCUT2D eigenvalue weighted by molar-refractivity contribution is 5.85. The van der Waals surface area contributed by atoms with Crippen molar-refractivity contribution in [3.05, 3.63) is 23.5 Å². The lowest BCUT2D eigenvalue weighted by molar-refractivity contribution is 0.0481. The third-order valence-electron chi connectivity index (χ3n) is 4.39. The van der Waals surface area contributed by atoms with Crippen LogP contribution in [0.4, 0.5) is 0 Å². The van der Waals surface area contributed by atoms with Gasteiger partial charge in [-0.15, -0.1) is 12.4 Å². The molecule has 0 bridgehead atoms. The smallest absolute Gasteiger partial charge is 0.120 e. The van der Waals surface area contributed by atoms with Gasteiger partial charge >= 0.3 is 0 Å². The van der Waals surface area contributed by atoms with Gasteiger partial charge in [-0.1, -0.05) is 0 Å². The molecule has 0 unspecified atom stereocenters. The molecular weight excluding hydrogens is 248 g/mol. The predicted molar refractivity (Wildman–Crippen MR) is 72.8 cm³/mol. The zero-order valence-electron chi connectivity index (χ0n) is 10.6. The highest BCUT2D eigenvalue weighted by Crippen LogP contribution is 2.39. The molecular formula is C13H19ClN4. The van der Waals surface area contributed by atoms with Crippen LogP contribution in [-0.2, 0) is 12.1 Å². The first-order valence-electron chi connectivity index (χ1n) is 6.30. The van der Waals surface area contributed by atoms with Crippen LogP contribution >= 0.6 is 12.4 Å². The number of aromatic nitrogens is 1. The Kier molecular flexibility index (Phi) is 3.67. The van der Waals surface area contributed by atoms with E-state index >= 15 is 0 Å². The monoisotopic (exact) mass is 266 g/mol. The Hall–Kier alpha value is -1.02. The summed E-state index contributed by atoms with van der Waals surface area (Å²) in [5.41, 5.74) is 2.30. The van der Waals surface area contributed by atoms with Crippen LogP contribution in [0.3, 0.4) is 0 Å². The summed E-state index contributed by atoms with van der Waals surface area (Å²) in [6, 6.07) is 6.42. The normalized spacial score (nSPS) is 22.0. The molecule has 1 fully saturated rings. The molecule has 1 N–H and O–H groups in total. The number of likely N-dealkylation sites (N-methyl/N-ethyl adjacent to an activating group) is 1. The molecule has 0 radical (unpaired) electrons. The summed E-state index contributed by atoms with van der Waals surface area (Å²) >= 11 is 0. The maximum absolute atomic E-state index is 9.14. The lowest BCUT2D eigenvalue weighted by Crippen LogP contribution is -2.55. The van der Waals surface area contributed by atoms with Crippen LogP contribution in [0.25, 0.3) is 0 Å². The summed E-state index contributed by atoms with van der Waals surface area (Å²) in [4.78, 5) is 2.48. The number of hydrogen-bond donors (Lipinski definition) is 1. The Morgan fingerprint density at radius 2 is 2.00 bits per heavy atom. The van der Waals surface area contributed by atoms with Crippen molar-refractivity contribution >= 4 is 12.4 Å². The molecule has 0 aliphatic carbocycles. The summed E-state index contributed by atoms with van der Waals surface area (Å²) in [7, 11) is 2.22. The van der Waals surface area contributed by atoms with Gasteiger partial charge in [0, 0.05) is 18.8 Å². The van der Waals surface area contributed by atoms with E-state index in [2.05, 4.69) is 34.0 Å². The van der Waals surface area contributed by atoms with Crippen LogP contribution in [0.1, 0.15) is 24.2 Å². The molecule has 2 aliphatic heterocycles. The average Bonchev–Trinajstić information content (AvgIpc) is 2.79. The fourth-order valence-corrected chi connectivity index (χ4v) is 3.35. The molecule has 98 valence electrons. The fourth-order valence-electron chi connectivity index (χ4n) is 3.35. The summed E-state index contributed by atoms with van der Waals surface area (Å²) in [5.74, 6) is 0. The van der Waals surface area contributed by atoms with Crippen LogP contribution in [0.5, 0.6) is 0 Å². The van der Waals surface area contributed by atoms with Gasteiger partial charge in [-0.05, 0) is 45.1 Å². The first-order chi connectivity index (χ1) is 8.28.